The lowest BCUT2D eigenvalue weighted by Crippen LogP contribution is -2.22. The Kier molecular flexibility index (Phi) is 6.73. The van der Waals surface area contributed by atoms with Crippen molar-refractivity contribution in [2.45, 2.75) is 20.1 Å². The van der Waals surface area contributed by atoms with E-state index in [0.717, 1.165) is 16.9 Å². The minimum absolute atomic E-state index is 0.423. The molecule has 3 aromatic carbocycles. The van der Waals surface area contributed by atoms with Crippen LogP contribution in [0.15, 0.2) is 66.7 Å². The minimum atomic E-state index is 0.423. The van der Waals surface area contributed by atoms with E-state index >= 15 is 0 Å². The van der Waals surface area contributed by atoms with Crippen LogP contribution in [0.4, 0.5) is 0 Å². The Hall–Kier alpha value is -2.07. The molecular weight excluding hydrogens is 397 g/mol. The average Bonchev–Trinajstić information content (AvgIpc) is 2.68. The normalized spacial score (nSPS) is 10.5. The van der Waals surface area contributed by atoms with E-state index in [1.165, 1.54) is 11.1 Å². The highest BCUT2D eigenvalue weighted by molar-refractivity contribution is 7.80. The molecule has 0 aliphatic carbocycles. The van der Waals surface area contributed by atoms with Crippen LogP contribution in [-0.2, 0) is 13.2 Å². The predicted molar refractivity (Wildman–Crippen MR) is 117 cm³/mol. The van der Waals surface area contributed by atoms with Crippen molar-refractivity contribution in [2.75, 3.05) is 0 Å². The first-order valence-electron chi connectivity index (χ1n) is 8.52. The second-order valence-electron chi connectivity index (χ2n) is 6.17. The van der Waals surface area contributed by atoms with Crippen LogP contribution in [0.25, 0.3) is 0 Å². The van der Waals surface area contributed by atoms with Crippen molar-refractivity contribution in [3.8, 4) is 5.75 Å². The monoisotopic (exact) mass is 415 g/mol. The number of hydrogen-bond donors (Lipinski definition) is 1. The number of aryl methyl sites for hydroxylation is 1. The second kappa shape index (κ2) is 9.23. The molecule has 0 bridgehead atoms. The summed E-state index contributed by atoms with van der Waals surface area (Å²) < 4.78 is 5.80. The van der Waals surface area contributed by atoms with Gasteiger partial charge in [0.1, 0.15) is 17.3 Å². The molecule has 0 aliphatic rings. The highest BCUT2D eigenvalue weighted by atomic mass is 35.5. The summed E-state index contributed by atoms with van der Waals surface area (Å²) in [4.78, 5) is 0.717. The number of ether oxygens (including phenoxy) is 1. The number of benzene rings is 3. The molecule has 0 aliphatic heterocycles. The maximum Gasteiger partial charge on any atom is 0.119 e. The molecule has 0 aromatic heterocycles. The van der Waals surface area contributed by atoms with Gasteiger partial charge in [0.15, 0.2) is 0 Å². The Labute approximate surface area is 175 Å². The highest BCUT2D eigenvalue weighted by Gasteiger charge is 2.04. The molecule has 3 rings (SSSR count). The van der Waals surface area contributed by atoms with Crippen LogP contribution in [0.3, 0.4) is 0 Å². The maximum atomic E-state index is 6.03. The van der Waals surface area contributed by atoms with E-state index in [-0.39, 0.29) is 0 Å². The summed E-state index contributed by atoms with van der Waals surface area (Å²) in [7, 11) is 0. The predicted octanol–water partition coefficient (Wildman–Crippen LogP) is 6.35. The summed E-state index contributed by atoms with van der Waals surface area (Å²) in [6.45, 7) is 3.23. The molecule has 0 fully saturated rings. The molecule has 3 aromatic rings. The van der Waals surface area contributed by atoms with E-state index in [1.807, 2.05) is 48.5 Å². The van der Waals surface area contributed by atoms with Crippen molar-refractivity contribution in [3.05, 3.63) is 99.0 Å². The molecule has 0 amide bonds. The topological polar surface area (TPSA) is 21.3 Å². The smallest absolute Gasteiger partial charge is 0.119 e. The van der Waals surface area contributed by atoms with Gasteiger partial charge in [-0.3, -0.25) is 0 Å². The third-order valence-corrected chi connectivity index (χ3v) is 5.33. The number of halogens is 2. The Morgan fingerprint density at radius 1 is 0.963 bits per heavy atom. The quantitative estimate of drug-likeness (QED) is 0.474. The van der Waals surface area contributed by atoms with Crippen LogP contribution in [0.5, 0.6) is 5.75 Å². The van der Waals surface area contributed by atoms with Gasteiger partial charge in [-0.1, -0.05) is 65.8 Å². The second-order valence-corrected chi connectivity index (χ2v) is 7.39. The largest absolute Gasteiger partial charge is 0.489 e. The molecule has 0 heterocycles. The van der Waals surface area contributed by atoms with Gasteiger partial charge < -0.3 is 10.1 Å². The van der Waals surface area contributed by atoms with Crippen LogP contribution >= 0.6 is 35.4 Å². The lowest BCUT2D eigenvalue weighted by Gasteiger charge is -2.11. The average molecular weight is 416 g/mol. The van der Waals surface area contributed by atoms with Gasteiger partial charge in [0.05, 0.1) is 10.0 Å². The molecule has 0 atom stereocenters. The molecule has 2 nitrogen and oxygen atoms in total. The van der Waals surface area contributed by atoms with Gasteiger partial charge in [-0.15, -0.1) is 0 Å². The molecular formula is C22H19Cl2NOS. The lowest BCUT2D eigenvalue weighted by atomic mass is 10.1. The van der Waals surface area contributed by atoms with Gasteiger partial charge in [0.25, 0.3) is 0 Å². The molecule has 0 saturated carbocycles. The van der Waals surface area contributed by atoms with Crippen LogP contribution in [-0.4, -0.2) is 4.99 Å². The summed E-state index contributed by atoms with van der Waals surface area (Å²) in [5.41, 5.74) is 4.41. The number of thiocarbonyl (C=S) groups is 1. The summed E-state index contributed by atoms with van der Waals surface area (Å²) in [5.74, 6) is 0.770. The first-order valence-corrected chi connectivity index (χ1v) is 9.69. The van der Waals surface area contributed by atoms with Crippen LogP contribution in [0, 0.1) is 6.92 Å². The van der Waals surface area contributed by atoms with Crippen LogP contribution in [0.1, 0.15) is 22.3 Å². The Bertz CT molecular complexity index is 941. The summed E-state index contributed by atoms with van der Waals surface area (Å²) in [6.07, 6.45) is 0. The Morgan fingerprint density at radius 2 is 1.70 bits per heavy atom. The highest BCUT2D eigenvalue weighted by Crippen LogP contribution is 2.23. The van der Waals surface area contributed by atoms with E-state index < -0.39 is 0 Å². The van der Waals surface area contributed by atoms with E-state index in [2.05, 4.69) is 24.4 Å². The fourth-order valence-electron chi connectivity index (χ4n) is 2.58. The molecule has 138 valence electrons. The van der Waals surface area contributed by atoms with Crippen LogP contribution in [0.2, 0.25) is 10.0 Å². The molecule has 0 spiro atoms. The summed E-state index contributed by atoms with van der Waals surface area (Å²) in [6, 6.07) is 21.5. The number of nitrogens with one attached hydrogen (secondary N) is 1. The van der Waals surface area contributed by atoms with Crippen molar-refractivity contribution in [2.24, 2.45) is 0 Å². The van der Waals surface area contributed by atoms with E-state index in [4.69, 9.17) is 40.2 Å². The van der Waals surface area contributed by atoms with E-state index in [1.54, 1.807) is 6.07 Å². The fourth-order valence-corrected chi connectivity index (χ4v) is 3.11. The minimum Gasteiger partial charge on any atom is -0.489 e. The van der Waals surface area contributed by atoms with Crippen molar-refractivity contribution >= 4 is 40.4 Å². The van der Waals surface area contributed by atoms with E-state index in [0.29, 0.717) is 28.2 Å². The summed E-state index contributed by atoms with van der Waals surface area (Å²) in [5, 5.41) is 4.37. The fraction of sp³-hybridized carbons (Fsp3) is 0.136. The first-order chi connectivity index (χ1) is 13.0. The maximum absolute atomic E-state index is 6.03. The summed E-state index contributed by atoms with van der Waals surface area (Å²) >= 11 is 17.4. The molecule has 1 N–H and O–H groups in total. The Morgan fingerprint density at radius 3 is 2.41 bits per heavy atom. The molecule has 0 saturated heterocycles. The third-order valence-electron chi connectivity index (χ3n) is 4.21. The SMILES string of the molecule is Cc1ccccc1CNC(=S)c1ccc(OCc2ccc(Cl)c(Cl)c2)cc1. The van der Waals surface area contributed by atoms with Gasteiger partial charge >= 0.3 is 0 Å². The van der Waals surface area contributed by atoms with Gasteiger partial charge in [0.2, 0.25) is 0 Å². The number of rotatable bonds is 6. The Balaban J connectivity index is 1.55. The van der Waals surface area contributed by atoms with Gasteiger partial charge in [-0.05, 0) is 60.0 Å². The molecule has 5 heteroatoms. The molecule has 27 heavy (non-hydrogen) atoms. The van der Waals surface area contributed by atoms with E-state index in [9.17, 15) is 0 Å². The zero-order valence-electron chi connectivity index (χ0n) is 14.8. The number of hydrogen-bond acceptors (Lipinski definition) is 2. The van der Waals surface area contributed by atoms with Gasteiger partial charge in [0, 0.05) is 12.1 Å². The van der Waals surface area contributed by atoms with Gasteiger partial charge in [-0.25, -0.2) is 0 Å². The first kappa shape index (κ1) is 19.7. The lowest BCUT2D eigenvalue weighted by molar-refractivity contribution is 0.306. The standard InChI is InChI=1S/C22H19Cl2NOS/c1-15-4-2-3-5-18(15)13-25-22(27)17-7-9-19(10-8-17)26-14-16-6-11-20(23)21(24)12-16/h2-12H,13-14H2,1H3,(H,25,27). The van der Waals surface area contributed by atoms with Crippen molar-refractivity contribution in [3.63, 3.8) is 0 Å². The van der Waals surface area contributed by atoms with Crippen molar-refractivity contribution in [1.82, 2.24) is 5.32 Å². The van der Waals surface area contributed by atoms with Crippen LogP contribution < -0.4 is 10.1 Å². The van der Waals surface area contributed by atoms with Crippen molar-refractivity contribution in [1.29, 1.82) is 0 Å². The zero-order valence-corrected chi connectivity index (χ0v) is 17.2. The molecule has 0 unspecified atom stereocenters. The van der Waals surface area contributed by atoms with Gasteiger partial charge in [-0.2, -0.15) is 0 Å². The third kappa shape index (κ3) is 5.46. The molecule has 0 radical (unpaired) electrons. The van der Waals surface area contributed by atoms with Crippen molar-refractivity contribution < 1.29 is 4.74 Å². The zero-order chi connectivity index (χ0) is 19.2.